The van der Waals surface area contributed by atoms with Gasteiger partial charge >= 0.3 is 0 Å². The second-order valence-electron chi connectivity index (χ2n) is 7.94. The van der Waals surface area contributed by atoms with Crippen LogP contribution in [0.15, 0.2) is 18.3 Å². The van der Waals surface area contributed by atoms with E-state index in [1.807, 2.05) is 6.07 Å². The summed E-state index contributed by atoms with van der Waals surface area (Å²) in [5, 5.41) is 9.32. The van der Waals surface area contributed by atoms with Crippen molar-refractivity contribution in [1.29, 1.82) is 5.26 Å². The van der Waals surface area contributed by atoms with Crippen molar-refractivity contribution >= 4 is 17.6 Å². The van der Waals surface area contributed by atoms with E-state index in [0.29, 0.717) is 24.8 Å². The number of fused-ring (bicyclic) bond motifs is 1. The number of rotatable bonds is 3. The molecule has 0 amide bonds. The van der Waals surface area contributed by atoms with E-state index in [-0.39, 0.29) is 11.9 Å². The Bertz CT molecular complexity index is 950. The standard InChI is InChI=1S/C20H23N7O/c1-12-11-28-3-2-26(12)18-7-17(15-6-14(8-21)19(22)23-9-15)24-20(25-18)27-10-13-4-16(27)5-13/h6-7,9,12-13,16H,2-5,10-11H2,1H3,(H2,22,23)/t12-,13?,16?/m0/s1. The minimum Gasteiger partial charge on any atom is -0.383 e. The number of nitriles is 1. The molecule has 8 heteroatoms. The lowest BCUT2D eigenvalue weighted by atomic mass is 9.86. The third kappa shape index (κ3) is 2.83. The zero-order valence-electron chi connectivity index (χ0n) is 15.9. The van der Waals surface area contributed by atoms with Gasteiger partial charge in [-0.3, -0.25) is 0 Å². The van der Waals surface area contributed by atoms with Gasteiger partial charge in [-0.25, -0.2) is 9.97 Å². The van der Waals surface area contributed by atoms with Gasteiger partial charge in [0.1, 0.15) is 17.7 Å². The summed E-state index contributed by atoms with van der Waals surface area (Å²) in [4.78, 5) is 18.6. The van der Waals surface area contributed by atoms with E-state index in [1.54, 1.807) is 12.3 Å². The number of ether oxygens (including phenoxy) is 1. The van der Waals surface area contributed by atoms with Crippen molar-refractivity contribution in [3.8, 4) is 17.3 Å². The van der Waals surface area contributed by atoms with E-state index in [1.165, 1.54) is 12.8 Å². The second-order valence-corrected chi connectivity index (χ2v) is 7.94. The first kappa shape index (κ1) is 17.2. The predicted octanol–water partition coefficient (Wildman–Crippen LogP) is 1.82. The van der Waals surface area contributed by atoms with Crippen molar-refractivity contribution < 1.29 is 4.74 Å². The van der Waals surface area contributed by atoms with Crippen LogP contribution in [0.2, 0.25) is 0 Å². The molecular formula is C20H23N7O. The monoisotopic (exact) mass is 377 g/mol. The summed E-state index contributed by atoms with van der Waals surface area (Å²) >= 11 is 0. The highest BCUT2D eigenvalue weighted by atomic mass is 16.5. The van der Waals surface area contributed by atoms with Gasteiger partial charge in [0, 0.05) is 37.0 Å². The number of hydrogen-bond donors (Lipinski definition) is 1. The van der Waals surface area contributed by atoms with Gasteiger partial charge in [0.25, 0.3) is 0 Å². The SMILES string of the molecule is C[C@H]1COCCN1c1cc(-c2cnc(N)c(C#N)c2)nc(N2CC3CC2C3)n1. The van der Waals surface area contributed by atoms with Gasteiger partial charge in [-0.15, -0.1) is 0 Å². The van der Waals surface area contributed by atoms with Gasteiger partial charge in [0.15, 0.2) is 0 Å². The molecular weight excluding hydrogens is 354 g/mol. The first-order chi connectivity index (χ1) is 13.6. The van der Waals surface area contributed by atoms with Crippen LogP contribution >= 0.6 is 0 Å². The third-order valence-corrected chi connectivity index (χ3v) is 6.06. The van der Waals surface area contributed by atoms with E-state index in [9.17, 15) is 5.26 Å². The maximum absolute atomic E-state index is 9.32. The lowest BCUT2D eigenvalue weighted by Gasteiger charge is -2.35. The van der Waals surface area contributed by atoms with Crippen molar-refractivity contribution in [3.05, 3.63) is 23.9 Å². The van der Waals surface area contributed by atoms with Crippen molar-refractivity contribution in [2.24, 2.45) is 5.92 Å². The lowest BCUT2D eigenvalue weighted by Crippen LogP contribution is -2.44. The van der Waals surface area contributed by atoms with Gasteiger partial charge < -0.3 is 20.3 Å². The van der Waals surface area contributed by atoms with Gasteiger partial charge in [-0.2, -0.15) is 10.2 Å². The molecule has 1 atom stereocenters. The second kappa shape index (κ2) is 6.60. The first-order valence-electron chi connectivity index (χ1n) is 9.78. The number of nitrogen functional groups attached to an aromatic ring is 1. The highest BCUT2D eigenvalue weighted by Gasteiger charge is 2.44. The molecule has 3 aliphatic heterocycles. The molecule has 5 heterocycles. The van der Waals surface area contributed by atoms with Crippen molar-refractivity contribution in [2.75, 3.05) is 41.8 Å². The Labute approximate surface area is 164 Å². The van der Waals surface area contributed by atoms with Crippen molar-refractivity contribution in [1.82, 2.24) is 15.0 Å². The Morgan fingerprint density at radius 3 is 2.82 bits per heavy atom. The molecule has 2 bridgehead atoms. The summed E-state index contributed by atoms with van der Waals surface area (Å²) in [6, 6.07) is 6.64. The third-order valence-electron chi connectivity index (χ3n) is 6.06. The molecule has 2 aromatic heterocycles. The number of nitrogens with two attached hydrogens (primary N) is 1. The Morgan fingerprint density at radius 1 is 1.25 bits per heavy atom. The first-order valence-corrected chi connectivity index (χ1v) is 9.78. The molecule has 4 aliphatic rings. The molecule has 2 N–H and O–H groups in total. The molecule has 3 saturated heterocycles. The molecule has 4 fully saturated rings. The van der Waals surface area contributed by atoms with Crippen molar-refractivity contribution in [3.63, 3.8) is 0 Å². The molecule has 1 aliphatic carbocycles. The fourth-order valence-electron chi connectivity index (χ4n) is 4.39. The molecule has 0 spiro atoms. The van der Waals surface area contributed by atoms with Crippen LogP contribution in [0.25, 0.3) is 11.3 Å². The molecule has 144 valence electrons. The van der Waals surface area contributed by atoms with Crippen LogP contribution in [0.4, 0.5) is 17.6 Å². The topological polar surface area (TPSA) is 104 Å². The number of pyridine rings is 1. The number of nitrogens with zero attached hydrogens (tertiary/aromatic N) is 6. The van der Waals surface area contributed by atoms with Crippen LogP contribution in [-0.2, 0) is 4.74 Å². The lowest BCUT2D eigenvalue weighted by molar-refractivity contribution is 0.0985. The highest BCUT2D eigenvalue weighted by molar-refractivity contribution is 5.68. The maximum Gasteiger partial charge on any atom is 0.228 e. The average Bonchev–Trinajstić information content (AvgIpc) is 3.30. The number of anilines is 3. The maximum atomic E-state index is 9.32. The zero-order chi connectivity index (χ0) is 19.3. The van der Waals surface area contributed by atoms with Gasteiger partial charge in [-0.05, 0) is 31.7 Å². The molecule has 6 rings (SSSR count). The summed E-state index contributed by atoms with van der Waals surface area (Å²) in [5.41, 5.74) is 7.71. The van der Waals surface area contributed by atoms with Crippen LogP contribution in [0, 0.1) is 17.2 Å². The Morgan fingerprint density at radius 2 is 2.11 bits per heavy atom. The van der Waals surface area contributed by atoms with Gasteiger partial charge in [0.2, 0.25) is 5.95 Å². The summed E-state index contributed by atoms with van der Waals surface area (Å²) in [6.07, 6.45) is 4.15. The fraction of sp³-hybridized carbons (Fsp3) is 0.500. The summed E-state index contributed by atoms with van der Waals surface area (Å²) in [6.45, 7) is 5.34. The molecule has 0 unspecified atom stereocenters. The number of morpholine rings is 1. The molecule has 1 saturated carbocycles. The fourth-order valence-corrected chi connectivity index (χ4v) is 4.39. The van der Waals surface area contributed by atoms with Crippen LogP contribution in [0.3, 0.4) is 0 Å². The average molecular weight is 377 g/mol. The minimum atomic E-state index is 0.239. The van der Waals surface area contributed by atoms with Crippen LogP contribution < -0.4 is 15.5 Å². The minimum absolute atomic E-state index is 0.239. The van der Waals surface area contributed by atoms with E-state index < -0.39 is 0 Å². The van der Waals surface area contributed by atoms with Crippen LogP contribution in [0.1, 0.15) is 25.3 Å². The van der Waals surface area contributed by atoms with Crippen LogP contribution in [-0.4, -0.2) is 53.3 Å². The molecule has 2 aromatic rings. The predicted molar refractivity (Wildman–Crippen MR) is 106 cm³/mol. The zero-order valence-corrected chi connectivity index (χ0v) is 15.9. The number of aromatic nitrogens is 3. The largest absolute Gasteiger partial charge is 0.383 e. The number of hydrogen-bond acceptors (Lipinski definition) is 8. The molecule has 28 heavy (non-hydrogen) atoms. The molecule has 8 nitrogen and oxygen atoms in total. The highest BCUT2D eigenvalue weighted by Crippen LogP contribution is 2.43. The Kier molecular flexibility index (Phi) is 4.05. The quantitative estimate of drug-likeness (QED) is 0.864. The summed E-state index contributed by atoms with van der Waals surface area (Å²) < 4.78 is 5.59. The van der Waals surface area contributed by atoms with Crippen LogP contribution in [0.5, 0.6) is 0 Å². The normalized spacial score (nSPS) is 26.1. The smallest absolute Gasteiger partial charge is 0.228 e. The van der Waals surface area contributed by atoms with Crippen molar-refractivity contribution in [2.45, 2.75) is 31.8 Å². The summed E-state index contributed by atoms with van der Waals surface area (Å²) in [7, 11) is 0. The summed E-state index contributed by atoms with van der Waals surface area (Å²) in [5.74, 6) is 2.68. The van der Waals surface area contributed by atoms with E-state index in [4.69, 9.17) is 20.4 Å². The molecule has 0 aromatic carbocycles. The van der Waals surface area contributed by atoms with Gasteiger partial charge in [-0.1, -0.05) is 0 Å². The van der Waals surface area contributed by atoms with E-state index in [2.05, 4.69) is 27.8 Å². The van der Waals surface area contributed by atoms with E-state index in [0.717, 1.165) is 42.0 Å². The van der Waals surface area contributed by atoms with Gasteiger partial charge in [0.05, 0.1) is 30.5 Å². The molecule has 0 radical (unpaired) electrons. The Balaban J connectivity index is 1.59. The van der Waals surface area contributed by atoms with E-state index >= 15 is 0 Å². The Hall–Kier alpha value is -2.92.